The molecule has 10 heteroatoms. The maximum Gasteiger partial charge on any atom is 0.226 e. The molecule has 1 heterocycles. The number of benzene rings is 2. The van der Waals surface area contributed by atoms with Crippen LogP contribution in [0.15, 0.2) is 39.7 Å². The molecule has 1 aliphatic heterocycles. The lowest BCUT2D eigenvalue weighted by Crippen LogP contribution is -2.28. The quantitative estimate of drug-likeness (QED) is 0.580. The van der Waals surface area contributed by atoms with Crippen LogP contribution in [0.1, 0.15) is 25.3 Å². The summed E-state index contributed by atoms with van der Waals surface area (Å²) in [4.78, 5) is 26.1. The van der Waals surface area contributed by atoms with Crippen molar-refractivity contribution in [3.05, 3.63) is 45.4 Å². The Labute approximate surface area is 194 Å². The minimum atomic E-state index is -3.77. The number of hydrogen-bond acceptors (Lipinski definition) is 5. The van der Waals surface area contributed by atoms with E-state index < -0.39 is 15.7 Å². The number of amides is 2. The Bertz CT molecular complexity index is 1140. The van der Waals surface area contributed by atoms with E-state index in [9.17, 15) is 18.0 Å². The molecule has 2 amide bonds. The van der Waals surface area contributed by atoms with Crippen LogP contribution in [0.25, 0.3) is 0 Å². The van der Waals surface area contributed by atoms with Gasteiger partial charge in [0.2, 0.25) is 11.8 Å². The van der Waals surface area contributed by atoms with Gasteiger partial charge in [0.25, 0.3) is 0 Å². The van der Waals surface area contributed by atoms with Crippen LogP contribution in [0.5, 0.6) is 5.75 Å². The van der Waals surface area contributed by atoms with Crippen molar-refractivity contribution in [3.8, 4) is 5.75 Å². The molecule has 0 aliphatic carbocycles. The molecule has 0 unspecified atom stereocenters. The first-order valence-electron chi connectivity index (χ1n) is 9.65. The average molecular weight is 530 g/mol. The third-order valence-corrected chi connectivity index (χ3v) is 7.96. The molecule has 0 spiro atoms. The van der Waals surface area contributed by atoms with Crippen molar-refractivity contribution in [3.63, 3.8) is 0 Å². The third kappa shape index (κ3) is 5.22. The Hall–Kier alpha value is -2.10. The number of fused-ring (bicyclic) bond motifs is 1. The van der Waals surface area contributed by atoms with E-state index in [4.69, 9.17) is 16.3 Å². The first kappa shape index (κ1) is 23.6. The minimum Gasteiger partial charge on any atom is -0.495 e. The second kappa shape index (κ2) is 9.58. The second-order valence-electron chi connectivity index (χ2n) is 7.03. The van der Waals surface area contributed by atoms with Gasteiger partial charge in [-0.15, -0.1) is 0 Å². The van der Waals surface area contributed by atoms with Gasteiger partial charge >= 0.3 is 0 Å². The van der Waals surface area contributed by atoms with Crippen LogP contribution in [-0.4, -0.2) is 39.6 Å². The zero-order valence-electron chi connectivity index (χ0n) is 17.1. The normalized spacial score (nSPS) is 13.1. The summed E-state index contributed by atoms with van der Waals surface area (Å²) >= 11 is 9.38. The average Bonchev–Trinajstić information content (AvgIpc) is 3.14. The number of anilines is 2. The molecular weight excluding hydrogens is 508 g/mol. The topological polar surface area (TPSA) is 92.8 Å². The van der Waals surface area contributed by atoms with Crippen molar-refractivity contribution < 1.29 is 22.7 Å². The lowest BCUT2D eigenvalue weighted by Gasteiger charge is -2.18. The van der Waals surface area contributed by atoms with Crippen LogP contribution in [0.2, 0.25) is 5.02 Å². The standard InChI is InChI=1S/C21H22BrClN2O5S/c1-3-21(27)25-8-6-13-10-15(22)19(12-17(13)25)31(28,29)9-7-20(26)24-14-4-5-18(30-2)16(23)11-14/h4-5,10-12H,3,6-9H2,1-2H3,(H,24,26). The van der Waals surface area contributed by atoms with Gasteiger partial charge in [0, 0.05) is 35.2 Å². The highest BCUT2D eigenvalue weighted by atomic mass is 79.9. The molecule has 1 aliphatic rings. The van der Waals surface area contributed by atoms with Crippen LogP contribution in [0.3, 0.4) is 0 Å². The zero-order chi connectivity index (χ0) is 22.8. The van der Waals surface area contributed by atoms with Gasteiger partial charge in [0.1, 0.15) is 5.75 Å². The Kier molecular flexibility index (Phi) is 7.28. The van der Waals surface area contributed by atoms with E-state index in [0.29, 0.717) is 46.0 Å². The predicted octanol–water partition coefficient (Wildman–Crippen LogP) is 4.21. The van der Waals surface area contributed by atoms with E-state index in [1.807, 2.05) is 0 Å². The fourth-order valence-electron chi connectivity index (χ4n) is 3.38. The van der Waals surface area contributed by atoms with Crippen LogP contribution < -0.4 is 15.0 Å². The number of carbonyl (C=O) groups is 2. The van der Waals surface area contributed by atoms with E-state index in [1.165, 1.54) is 19.2 Å². The van der Waals surface area contributed by atoms with Crippen molar-refractivity contribution in [2.45, 2.75) is 31.1 Å². The van der Waals surface area contributed by atoms with Crippen molar-refractivity contribution in [1.82, 2.24) is 0 Å². The van der Waals surface area contributed by atoms with Gasteiger partial charge in [0.15, 0.2) is 9.84 Å². The molecule has 2 aromatic rings. The molecule has 166 valence electrons. The summed E-state index contributed by atoms with van der Waals surface area (Å²) in [6.07, 6.45) is 0.785. The number of nitrogens with zero attached hydrogens (tertiary/aromatic N) is 1. The molecule has 0 fully saturated rings. The van der Waals surface area contributed by atoms with Gasteiger partial charge in [-0.05, 0) is 58.2 Å². The predicted molar refractivity (Wildman–Crippen MR) is 124 cm³/mol. The Morgan fingerprint density at radius 1 is 1.26 bits per heavy atom. The summed E-state index contributed by atoms with van der Waals surface area (Å²) in [7, 11) is -2.28. The first-order chi connectivity index (χ1) is 14.7. The fraction of sp³-hybridized carbons (Fsp3) is 0.333. The molecule has 31 heavy (non-hydrogen) atoms. The van der Waals surface area contributed by atoms with Crippen LogP contribution in [0, 0.1) is 0 Å². The van der Waals surface area contributed by atoms with E-state index in [0.717, 1.165) is 5.56 Å². The monoisotopic (exact) mass is 528 g/mol. The second-order valence-corrected chi connectivity index (χ2v) is 10.4. The van der Waals surface area contributed by atoms with Gasteiger partial charge in [0.05, 0.1) is 22.8 Å². The lowest BCUT2D eigenvalue weighted by molar-refractivity contribution is -0.118. The van der Waals surface area contributed by atoms with Crippen molar-refractivity contribution in [1.29, 1.82) is 0 Å². The van der Waals surface area contributed by atoms with Gasteiger partial charge in [-0.3, -0.25) is 9.59 Å². The summed E-state index contributed by atoms with van der Waals surface area (Å²) in [5.41, 5.74) is 1.98. The molecule has 1 N–H and O–H groups in total. The summed E-state index contributed by atoms with van der Waals surface area (Å²) in [5, 5.41) is 2.97. The molecule has 0 radical (unpaired) electrons. The molecule has 3 rings (SSSR count). The lowest BCUT2D eigenvalue weighted by atomic mass is 10.2. The first-order valence-corrected chi connectivity index (χ1v) is 12.5. The van der Waals surface area contributed by atoms with E-state index in [1.54, 1.807) is 30.0 Å². The highest BCUT2D eigenvalue weighted by Gasteiger charge is 2.28. The SMILES string of the molecule is CCC(=O)N1CCc2cc(Br)c(S(=O)(=O)CCC(=O)Nc3ccc(OC)c(Cl)c3)cc21. The third-order valence-electron chi connectivity index (χ3n) is 5.00. The number of nitrogens with one attached hydrogen (secondary N) is 1. The number of hydrogen-bond donors (Lipinski definition) is 1. The van der Waals surface area contributed by atoms with Gasteiger partial charge in [-0.2, -0.15) is 0 Å². The smallest absolute Gasteiger partial charge is 0.226 e. The van der Waals surface area contributed by atoms with Crippen molar-refractivity contribution in [2.24, 2.45) is 0 Å². The Morgan fingerprint density at radius 2 is 2.00 bits per heavy atom. The molecule has 0 bridgehead atoms. The molecule has 0 saturated heterocycles. The van der Waals surface area contributed by atoms with Crippen LogP contribution >= 0.6 is 27.5 Å². The number of halogens is 2. The zero-order valence-corrected chi connectivity index (χ0v) is 20.2. The maximum atomic E-state index is 12.9. The Balaban J connectivity index is 1.73. The van der Waals surface area contributed by atoms with E-state index in [-0.39, 0.29) is 23.0 Å². The summed E-state index contributed by atoms with van der Waals surface area (Å²) in [6.45, 7) is 2.30. The Morgan fingerprint density at radius 3 is 2.65 bits per heavy atom. The highest BCUT2D eigenvalue weighted by Crippen LogP contribution is 2.36. The molecule has 7 nitrogen and oxygen atoms in total. The molecule has 0 saturated carbocycles. The molecule has 0 aromatic heterocycles. The van der Waals surface area contributed by atoms with Crippen LogP contribution in [0.4, 0.5) is 11.4 Å². The number of rotatable bonds is 7. The number of ether oxygens (including phenoxy) is 1. The van der Waals surface area contributed by atoms with E-state index in [2.05, 4.69) is 21.2 Å². The molecule has 2 aromatic carbocycles. The van der Waals surface area contributed by atoms with Gasteiger partial charge in [-0.1, -0.05) is 18.5 Å². The number of methoxy groups -OCH3 is 1. The van der Waals surface area contributed by atoms with Crippen molar-refractivity contribution in [2.75, 3.05) is 29.6 Å². The van der Waals surface area contributed by atoms with Gasteiger partial charge < -0.3 is 15.0 Å². The molecular formula is C21H22BrClN2O5S. The van der Waals surface area contributed by atoms with Crippen molar-refractivity contribution >= 4 is 60.6 Å². The van der Waals surface area contributed by atoms with Gasteiger partial charge in [-0.25, -0.2) is 8.42 Å². The minimum absolute atomic E-state index is 0.0537. The number of carbonyl (C=O) groups excluding carboxylic acids is 2. The summed E-state index contributed by atoms with van der Waals surface area (Å²) in [6, 6.07) is 8.03. The van der Waals surface area contributed by atoms with Crippen LogP contribution in [-0.2, 0) is 25.8 Å². The molecule has 0 atom stereocenters. The summed E-state index contributed by atoms with van der Waals surface area (Å²) < 4.78 is 31.4. The highest BCUT2D eigenvalue weighted by molar-refractivity contribution is 9.10. The maximum absolute atomic E-state index is 12.9. The fourth-order valence-corrected chi connectivity index (χ4v) is 6.09. The largest absolute Gasteiger partial charge is 0.495 e. The summed E-state index contributed by atoms with van der Waals surface area (Å²) in [5.74, 6) is -0.409. The number of sulfone groups is 1. The van der Waals surface area contributed by atoms with E-state index >= 15 is 0 Å².